The van der Waals surface area contributed by atoms with Crippen molar-refractivity contribution in [3.8, 4) is 0 Å². The molecule has 2 N–H and O–H groups in total. The second-order valence-corrected chi connectivity index (χ2v) is 16.1. The van der Waals surface area contributed by atoms with Crippen LogP contribution >= 0.6 is 0 Å². The van der Waals surface area contributed by atoms with Crippen molar-refractivity contribution in [1.29, 1.82) is 0 Å². The molecule has 0 bridgehead atoms. The van der Waals surface area contributed by atoms with Gasteiger partial charge in [0.2, 0.25) is 11.8 Å². The van der Waals surface area contributed by atoms with Crippen LogP contribution < -0.4 is 15.5 Å². The third kappa shape index (κ3) is 11.4. The fraction of sp³-hybridized carbons (Fsp3) is 0.476. The highest BCUT2D eigenvalue weighted by Crippen LogP contribution is 2.26. The molecule has 2 fully saturated rings. The number of anilines is 3. The van der Waals surface area contributed by atoms with Crippen molar-refractivity contribution < 1.29 is 33.0 Å². The predicted molar refractivity (Wildman–Crippen MR) is 208 cm³/mol. The molecule has 0 aromatic heterocycles. The summed E-state index contributed by atoms with van der Waals surface area (Å²) in [7, 11) is 0. The van der Waals surface area contributed by atoms with E-state index in [0.29, 0.717) is 50.4 Å². The number of carbonyl (C=O) groups excluding carboxylic acids is 4. The summed E-state index contributed by atoms with van der Waals surface area (Å²) in [5.41, 5.74) is 2.69. The van der Waals surface area contributed by atoms with Crippen molar-refractivity contribution in [2.75, 3.05) is 28.6 Å². The molecule has 0 spiro atoms. The molecule has 2 aliphatic heterocycles. The number of piperidine rings is 2. The maximum absolute atomic E-state index is 13.9. The lowest BCUT2D eigenvalue weighted by Gasteiger charge is -2.35. The van der Waals surface area contributed by atoms with E-state index in [2.05, 4.69) is 15.5 Å². The average Bonchev–Trinajstić information content (AvgIpc) is 3.12. The summed E-state index contributed by atoms with van der Waals surface area (Å²) >= 11 is 0. The number of ether oxygens (including phenoxy) is 2. The van der Waals surface area contributed by atoms with Crippen LogP contribution in [0.15, 0.2) is 72.8 Å². The first-order chi connectivity index (χ1) is 25.5. The van der Waals surface area contributed by atoms with Gasteiger partial charge in [-0.3, -0.25) is 19.4 Å². The van der Waals surface area contributed by atoms with E-state index in [-0.39, 0.29) is 17.6 Å². The van der Waals surface area contributed by atoms with Crippen molar-refractivity contribution in [2.24, 2.45) is 0 Å². The SMILES string of the molecule is CC(C)(C)OC(=O)N1CCCC[C@H]1C(=O)Nc1ccc(CN(Cc2ccc(NC(=O)[C@@H]3CCCCN3C(=O)OC(C)(C)C)cc2)c2ccc(F)cc2)cc1. The molecule has 0 saturated carbocycles. The van der Waals surface area contributed by atoms with E-state index in [0.717, 1.165) is 42.5 Å². The van der Waals surface area contributed by atoms with Crippen molar-refractivity contribution in [3.63, 3.8) is 0 Å². The lowest BCUT2D eigenvalue weighted by atomic mass is 10.0. The van der Waals surface area contributed by atoms with Gasteiger partial charge in [0.05, 0.1) is 0 Å². The van der Waals surface area contributed by atoms with Gasteiger partial charge in [-0.2, -0.15) is 0 Å². The molecule has 0 radical (unpaired) electrons. The first-order valence-electron chi connectivity index (χ1n) is 18.8. The number of benzene rings is 3. The van der Waals surface area contributed by atoms with Gasteiger partial charge < -0.3 is 25.0 Å². The molecular formula is C42H54FN5O6. The van der Waals surface area contributed by atoms with E-state index >= 15 is 0 Å². The summed E-state index contributed by atoms with van der Waals surface area (Å²) in [5, 5.41) is 5.95. The zero-order valence-corrected chi connectivity index (χ0v) is 32.3. The Morgan fingerprint density at radius 1 is 0.630 bits per heavy atom. The van der Waals surface area contributed by atoms with Crippen LogP contribution in [0, 0.1) is 5.82 Å². The molecule has 3 aromatic rings. The third-order valence-corrected chi connectivity index (χ3v) is 9.25. The smallest absolute Gasteiger partial charge is 0.410 e. The Kier molecular flexibility index (Phi) is 12.9. The number of hydrogen-bond acceptors (Lipinski definition) is 7. The number of rotatable bonds is 9. The minimum atomic E-state index is -0.656. The van der Waals surface area contributed by atoms with E-state index < -0.39 is 35.5 Å². The minimum absolute atomic E-state index is 0.250. The molecule has 0 aliphatic carbocycles. The number of amides is 4. The standard InChI is InChI=1S/C42H54FN5O6/c1-41(2,3)53-39(51)47-25-9-7-11-35(47)37(49)44-32-19-13-29(14-20-32)27-46(34-23-17-31(43)18-24-34)28-30-15-21-33(22-16-30)45-38(50)36-12-8-10-26-48(36)40(52)54-42(4,5)6/h13-24,35-36H,7-12,25-28H2,1-6H3,(H,44,49)(H,45,50)/t35-,36-/m0/s1. The van der Waals surface area contributed by atoms with Gasteiger partial charge >= 0.3 is 12.2 Å². The second kappa shape index (κ2) is 17.3. The van der Waals surface area contributed by atoms with Gasteiger partial charge in [0.15, 0.2) is 0 Å². The topological polar surface area (TPSA) is 121 Å². The van der Waals surface area contributed by atoms with Gasteiger partial charge in [0.25, 0.3) is 0 Å². The van der Waals surface area contributed by atoms with Crippen LogP contribution in [0.5, 0.6) is 0 Å². The third-order valence-electron chi connectivity index (χ3n) is 9.25. The molecule has 12 heteroatoms. The highest BCUT2D eigenvalue weighted by atomic mass is 19.1. The Morgan fingerprint density at radius 2 is 1.02 bits per heavy atom. The minimum Gasteiger partial charge on any atom is -0.444 e. The number of nitrogens with one attached hydrogen (secondary N) is 2. The molecule has 290 valence electrons. The lowest BCUT2D eigenvalue weighted by molar-refractivity contribution is -0.123. The molecule has 2 saturated heterocycles. The lowest BCUT2D eigenvalue weighted by Crippen LogP contribution is -2.51. The summed E-state index contributed by atoms with van der Waals surface area (Å²) in [6.45, 7) is 12.8. The normalized spacial score (nSPS) is 17.7. The first-order valence-corrected chi connectivity index (χ1v) is 18.8. The number of carbonyl (C=O) groups is 4. The molecule has 2 heterocycles. The van der Waals surface area contributed by atoms with Crippen molar-refractivity contribution in [1.82, 2.24) is 9.80 Å². The highest BCUT2D eigenvalue weighted by Gasteiger charge is 2.36. The number of hydrogen-bond donors (Lipinski definition) is 2. The predicted octanol–water partition coefficient (Wildman–Crippen LogP) is 8.49. The largest absolute Gasteiger partial charge is 0.444 e. The molecule has 0 unspecified atom stereocenters. The number of halogens is 1. The van der Waals surface area contributed by atoms with Crippen LogP contribution in [-0.4, -0.2) is 70.2 Å². The summed E-state index contributed by atoms with van der Waals surface area (Å²) < 4.78 is 25.0. The van der Waals surface area contributed by atoms with E-state index in [9.17, 15) is 23.6 Å². The summed E-state index contributed by atoms with van der Waals surface area (Å²) in [6, 6.07) is 20.2. The fourth-order valence-corrected chi connectivity index (χ4v) is 6.66. The summed E-state index contributed by atoms with van der Waals surface area (Å²) in [5.74, 6) is -0.828. The number of nitrogens with zero attached hydrogens (tertiary/aromatic N) is 3. The van der Waals surface area contributed by atoms with Gasteiger partial charge in [-0.15, -0.1) is 0 Å². The molecule has 4 amide bonds. The zero-order valence-electron chi connectivity index (χ0n) is 32.3. The average molecular weight is 744 g/mol. The molecule has 11 nitrogen and oxygen atoms in total. The fourth-order valence-electron chi connectivity index (χ4n) is 6.66. The Labute approximate surface area is 318 Å². The summed E-state index contributed by atoms with van der Waals surface area (Å²) in [6.07, 6.45) is 3.50. The van der Waals surface area contributed by atoms with E-state index in [4.69, 9.17) is 9.47 Å². The molecule has 2 atom stereocenters. The van der Waals surface area contributed by atoms with Crippen LogP contribution in [0.4, 0.5) is 31.0 Å². The zero-order chi connectivity index (χ0) is 39.0. The molecular weight excluding hydrogens is 689 g/mol. The van der Waals surface area contributed by atoms with Crippen molar-refractivity contribution in [2.45, 2.75) is 116 Å². The highest BCUT2D eigenvalue weighted by molar-refractivity contribution is 5.97. The monoisotopic (exact) mass is 743 g/mol. The van der Waals surface area contributed by atoms with E-state index in [1.165, 1.54) is 21.9 Å². The van der Waals surface area contributed by atoms with Gasteiger partial charge in [-0.25, -0.2) is 14.0 Å². The molecule has 54 heavy (non-hydrogen) atoms. The van der Waals surface area contributed by atoms with Crippen LogP contribution in [0.1, 0.15) is 91.2 Å². The first kappa shape index (κ1) is 40.1. The van der Waals surface area contributed by atoms with E-state index in [1.807, 2.05) is 90.1 Å². The van der Waals surface area contributed by atoms with Crippen LogP contribution in [0.3, 0.4) is 0 Å². The molecule has 5 rings (SSSR count). The van der Waals surface area contributed by atoms with Gasteiger partial charge in [-0.05, 0) is 140 Å². The van der Waals surface area contributed by atoms with Crippen molar-refractivity contribution in [3.05, 3.63) is 89.7 Å². The maximum atomic E-state index is 13.9. The van der Waals surface area contributed by atoms with Gasteiger partial charge in [0.1, 0.15) is 29.1 Å². The van der Waals surface area contributed by atoms with Gasteiger partial charge in [-0.1, -0.05) is 24.3 Å². The van der Waals surface area contributed by atoms with E-state index in [1.54, 1.807) is 12.1 Å². The van der Waals surface area contributed by atoms with Crippen LogP contribution in [0.2, 0.25) is 0 Å². The maximum Gasteiger partial charge on any atom is 0.410 e. The molecule has 3 aromatic carbocycles. The van der Waals surface area contributed by atoms with Crippen molar-refractivity contribution >= 4 is 41.1 Å². The Balaban J connectivity index is 1.23. The Hall–Kier alpha value is -5.13. The Bertz CT molecular complexity index is 1640. The van der Waals surface area contributed by atoms with Crippen LogP contribution in [0.25, 0.3) is 0 Å². The van der Waals surface area contributed by atoms with Gasteiger partial charge in [0, 0.05) is 43.2 Å². The second-order valence-electron chi connectivity index (χ2n) is 16.1. The summed E-state index contributed by atoms with van der Waals surface area (Å²) in [4.78, 5) is 57.5. The quantitative estimate of drug-likeness (QED) is 0.226. The Morgan fingerprint density at radius 3 is 1.39 bits per heavy atom. The van der Waals surface area contributed by atoms with Crippen LogP contribution in [-0.2, 0) is 32.2 Å². The molecule has 2 aliphatic rings. The number of likely N-dealkylation sites (tertiary alicyclic amines) is 2.